The number of hydrogen-bond donors (Lipinski definition) is 2. The van der Waals surface area contributed by atoms with Gasteiger partial charge in [0, 0.05) is 19.1 Å². The van der Waals surface area contributed by atoms with Crippen LogP contribution < -0.4 is 10.6 Å². The molecule has 4 nitrogen and oxygen atoms in total. The van der Waals surface area contributed by atoms with E-state index in [4.69, 9.17) is 4.74 Å². The van der Waals surface area contributed by atoms with Crippen LogP contribution >= 0.6 is 0 Å². The fourth-order valence-corrected chi connectivity index (χ4v) is 2.64. The van der Waals surface area contributed by atoms with E-state index in [1.165, 1.54) is 18.4 Å². The first kappa shape index (κ1) is 17.5. The maximum atomic E-state index is 11.4. The first-order valence-corrected chi connectivity index (χ1v) is 8.34. The Balaban J connectivity index is 1.52. The quantitative estimate of drug-likeness (QED) is 0.788. The Hall–Kier alpha value is -1.81. The number of benzene rings is 1. The molecule has 1 aromatic rings. The van der Waals surface area contributed by atoms with Crippen molar-refractivity contribution >= 4 is 6.09 Å². The lowest BCUT2D eigenvalue weighted by Crippen LogP contribution is -2.40. The van der Waals surface area contributed by atoms with E-state index in [0.29, 0.717) is 18.5 Å². The molecule has 2 N–H and O–H groups in total. The van der Waals surface area contributed by atoms with Crippen LogP contribution in [-0.4, -0.2) is 30.8 Å². The fourth-order valence-electron chi connectivity index (χ4n) is 2.64. The summed E-state index contributed by atoms with van der Waals surface area (Å²) in [6.07, 6.45) is 6.03. The number of carbonyl (C=O) groups is 1. The van der Waals surface area contributed by atoms with E-state index in [0.717, 1.165) is 6.54 Å². The second-order valence-electron chi connectivity index (χ2n) is 7.04. The van der Waals surface area contributed by atoms with Gasteiger partial charge in [0.15, 0.2) is 0 Å². The van der Waals surface area contributed by atoms with Crippen molar-refractivity contribution in [2.75, 3.05) is 13.1 Å². The van der Waals surface area contributed by atoms with E-state index >= 15 is 0 Å². The van der Waals surface area contributed by atoms with Gasteiger partial charge in [-0.1, -0.05) is 42.5 Å². The number of alkyl carbamates (subject to hydrolysis) is 1. The van der Waals surface area contributed by atoms with Crippen molar-refractivity contribution in [3.63, 3.8) is 0 Å². The summed E-state index contributed by atoms with van der Waals surface area (Å²) < 4.78 is 5.16. The smallest absolute Gasteiger partial charge is 0.407 e. The second kappa shape index (κ2) is 8.16. The van der Waals surface area contributed by atoms with Gasteiger partial charge in [-0.05, 0) is 45.1 Å². The number of carbonyl (C=O) groups excluding carboxylic acids is 1. The molecule has 0 bridgehead atoms. The Morgan fingerprint density at radius 3 is 2.48 bits per heavy atom. The van der Waals surface area contributed by atoms with E-state index < -0.39 is 5.60 Å². The maximum Gasteiger partial charge on any atom is 0.407 e. The minimum atomic E-state index is -0.450. The van der Waals surface area contributed by atoms with Gasteiger partial charge in [-0.3, -0.25) is 0 Å². The van der Waals surface area contributed by atoms with Crippen molar-refractivity contribution in [3.05, 3.63) is 48.0 Å². The Morgan fingerprint density at radius 1 is 1.17 bits per heavy atom. The molecule has 0 saturated heterocycles. The van der Waals surface area contributed by atoms with Gasteiger partial charge in [-0.15, -0.1) is 0 Å². The van der Waals surface area contributed by atoms with E-state index in [-0.39, 0.29) is 6.09 Å². The Labute approximate surface area is 139 Å². The lowest BCUT2D eigenvalue weighted by molar-refractivity contribution is 0.0534. The maximum absolute atomic E-state index is 11.4. The highest BCUT2D eigenvalue weighted by molar-refractivity contribution is 5.67. The average Bonchev–Trinajstić information content (AvgIpc) is 2.43. The van der Waals surface area contributed by atoms with Crippen LogP contribution in [0, 0.1) is 0 Å². The Kier molecular flexibility index (Phi) is 6.22. The van der Waals surface area contributed by atoms with Gasteiger partial charge >= 0.3 is 6.09 Å². The molecule has 1 aliphatic rings. The molecule has 23 heavy (non-hydrogen) atoms. The first-order valence-electron chi connectivity index (χ1n) is 8.34. The molecule has 0 aromatic heterocycles. The van der Waals surface area contributed by atoms with Gasteiger partial charge < -0.3 is 15.4 Å². The predicted octanol–water partition coefficient (Wildman–Crippen LogP) is 3.60. The monoisotopic (exact) mass is 316 g/mol. The van der Waals surface area contributed by atoms with Gasteiger partial charge in [0.2, 0.25) is 0 Å². The average molecular weight is 316 g/mol. The minimum Gasteiger partial charge on any atom is -0.444 e. The third-order valence-corrected chi connectivity index (χ3v) is 3.86. The topological polar surface area (TPSA) is 50.4 Å². The number of nitrogens with one attached hydrogen (secondary N) is 2. The Bertz CT molecular complexity index is 514. The lowest BCUT2D eigenvalue weighted by atomic mass is 9.76. The van der Waals surface area contributed by atoms with E-state index in [1.807, 2.05) is 32.9 Å². The molecule has 0 unspecified atom stereocenters. The van der Waals surface area contributed by atoms with Crippen LogP contribution in [0.4, 0.5) is 4.79 Å². The zero-order chi connectivity index (χ0) is 16.7. The summed E-state index contributed by atoms with van der Waals surface area (Å²) in [5.74, 6) is 0.700. The highest BCUT2D eigenvalue weighted by atomic mass is 16.6. The van der Waals surface area contributed by atoms with E-state index in [2.05, 4.69) is 41.0 Å². The molecule has 0 aliphatic heterocycles. The van der Waals surface area contributed by atoms with Gasteiger partial charge in [-0.2, -0.15) is 0 Å². The molecule has 4 heteroatoms. The highest BCUT2D eigenvalue weighted by Crippen LogP contribution is 2.36. The van der Waals surface area contributed by atoms with Crippen molar-refractivity contribution in [3.8, 4) is 0 Å². The first-order chi connectivity index (χ1) is 10.9. The van der Waals surface area contributed by atoms with Crippen molar-refractivity contribution in [1.82, 2.24) is 10.6 Å². The van der Waals surface area contributed by atoms with Gasteiger partial charge in [0.1, 0.15) is 5.60 Å². The van der Waals surface area contributed by atoms with Crippen molar-refractivity contribution < 1.29 is 9.53 Å². The van der Waals surface area contributed by atoms with E-state index in [9.17, 15) is 4.79 Å². The summed E-state index contributed by atoms with van der Waals surface area (Å²) in [5, 5.41) is 6.22. The number of amides is 1. The minimum absolute atomic E-state index is 0.375. The van der Waals surface area contributed by atoms with Crippen molar-refractivity contribution in [2.45, 2.75) is 51.2 Å². The zero-order valence-electron chi connectivity index (χ0n) is 14.3. The van der Waals surface area contributed by atoms with Crippen molar-refractivity contribution in [2.24, 2.45) is 0 Å². The fraction of sp³-hybridized carbons (Fsp3) is 0.526. The molecule has 0 spiro atoms. The summed E-state index contributed by atoms with van der Waals surface area (Å²) in [6, 6.07) is 11.3. The molecule has 1 saturated carbocycles. The zero-order valence-corrected chi connectivity index (χ0v) is 14.3. The van der Waals surface area contributed by atoms with Crippen LogP contribution in [0.25, 0.3) is 0 Å². The number of rotatable bonds is 6. The van der Waals surface area contributed by atoms with Crippen LogP contribution in [0.5, 0.6) is 0 Å². The molecule has 0 atom stereocenters. The molecule has 1 aromatic carbocycles. The summed E-state index contributed by atoms with van der Waals surface area (Å²) in [5.41, 5.74) is 0.997. The molecule has 1 aliphatic carbocycles. The molecule has 126 valence electrons. The standard InChI is InChI=1S/C19H28N2O2/c1-19(2,3)23-18(22)21-12-8-7-11-20-17-13-16(14-17)15-9-5-4-6-10-15/h4-10,16-17,20H,11-14H2,1-3H3,(H,21,22)/b8-7+. The Morgan fingerprint density at radius 2 is 1.83 bits per heavy atom. The third-order valence-electron chi connectivity index (χ3n) is 3.86. The van der Waals surface area contributed by atoms with E-state index in [1.54, 1.807) is 0 Å². The summed E-state index contributed by atoms with van der Waals surface area (Å²) in [4.78, 5) is 11.4. The van der Waals surface area contributed by atoms with Gasteiger partial charge in [0.25, 0.3) is 0 Å². The molecule has 2 rings (SSSR count). The number of hydrogen-bond acceptors (Lipinski definition) is 3. The SMILES string of the molecule is CC(C)(C)OC(=O)NC/C=C/CNC1CC(c2ccccc2)C1. The van der Waals surface area contributed by atoms with Crippen molar-refractivity contribution in [1.29, 1.82) is 0 Å². The molecule has 1 amide bonds. The third kappa shape index (κ3) is 6.45. The molecule has 0 heterocycles. The predicted molar refractivity (Wildman–Crippen MR) is 93.6 cm³/mol. The molecular formula is C19H28N2O2. The highest BCUT2D eigenvalue weighted by Gasteiger charge is 2.29. The molecular weight excluding hydrogens is 288 g/mol. The number of ether oxygens (including phenoxy) is 1. The van der Waals surface area contributed by atoms with Crippen LogP contribution in [-0.2, 0) is 4.74 Å². The molecule has 1 fully saturated rings. The second-order valence-corrected chi connectivity index (χ2v) is 7.04. The van der Waals surface area contributed by atoms with Crippen LogP contribution in [0.15, 0.2) is 42.5 Å². The summed E-state index contributed by atoms with van der Waals surface area (Å²) in [6.45, 7) is 6.89. The normalized spacial score (nSPS) is 21.0. The largest absolute Gasteiger partial charge is 0.444 e. The van der Waals surface area contributed by atoms with Crippen LogP contribution in [0.1, 0.15) is 45.1 Å². The van der Waals surface area contributed by atoms with Crippen LogP contribution in [0.3, 0.4) is 0 Å². The molecule has 0 radical (unpaired) electrons. The van der Waals surface area contributed by atoms with Gasteiger partial charge in [-0.25, -0.2) is 4.79 Å². The van der Waals surface area contributed by atoms with Crippen LogP contribution in [0.2, 0.25) is 0 Å². The lowest BCUT2D eigenvalue weighted by Gasteiger charge is -2.36. The summed E-state index contributed by atoms with van der Waals surface area (Å²) >= 11 is 0. The van der Waals surface area contributed by atoms with Gasteiger partial charge in [0.05, 0.1) is 0 Å². The summed E-state index contributed by atoms with van der Waals surface area (Å²) in [7, 11) is 0.